The Hall–Kier alpha value is -1.03. The predicted molar refractivity (Wildman–Crippen MR) is 67.2 cm³/mol. The summed E-state index contributed by atoms with van der Waals surface area (Å²) in [7, 11) is 0. The number of ketones is 1. The average Bonchev–Trinajstić information content (AvgIpc) is 2.28. The summed E-state index contributed by atoms with van der Waals surface area (Å²) in [5.74, 6) is 0.861. The summed E-state index contributed by atoms with van der Waals surface area (Å²) in [5.41, 5.74) is 0.746. The van der Waals surface area contributed by atoms with Crippen LogP contribution >= 0.6 is 11.8 Å². The van der Waals surface area contributed by atoms with Gasteiger partial charge < -0.3 is 5.32 Å². The molecule has 1 aliphatic rings. The van der Waals surface area contributed by atoms with E-state index in [9.17, 15) is 9.59 Å². The van der Waals surface area contributed by atoms with Crippen molar-refractivity contribution < 1.29 is 9.59 Å². The van der Waals surface area contributed by atoms with Gasteiger partial charge in [0, 0.05) is 23.6 Å². The molecule has 0 spiro atoms. The maximum absolute atomic E-state index is 11.8. The van der Waals surface area contributed by atoms with Gasteiger partial charge >= 0.3 is 0 Å². The van der Waals surface area contributed by atoms with Crippen LogP contribution in [0.5, 0.6) is 0 Å². The van der Waals surface area contributed by atoms with E-state index in [1.165, 1.54) is 0 Å². The van der Waals surface area contributed by atoms with Gasteiger partial charge in [0.15, 0.2) is 0 Å². The molecule has 1 unspecified atom stereocenters. The summed E-state index contributed by atoms with van der Waals surface area (Å²) in [4.78, 5) is 23.4. The zero-order valence-corrected chi connectivity index (χ0v) is 10.5. The minimum atomic E-state index is -0.473. The van der Waals surface area contributed by atoms with E-state index in [2.05, 4.69) is 5.32 Å². The maximum Gasteiger partial charge on any atom is 0.235 e. The largest absolute Gasteiger partial charge is 0.326 e. The number of nitrogens with one attached hydrogen (secondary N) is 1. The zero-order valence-electron chi connectivity index (χ0n) is 9.66. The lowest BCUT2D eigenvalue weighted by molar-refractivity contribution is -0.132. The summed E-state index contributed by atoms with van der Waals surface area (Å²) in [6.45, 7) is 3.74. The fraction of sp³-hybridized carbons (Fsp3) is 0.500. The number of carbonyl (C=O) groups is 2. The standard InChI is InChI=1S/C12H17NO2S/c1-3-5-9(4-2)13-12(15)10-8-16-7-6-11(10)14/h3-5,10H,6-8H2,1-2H3,(H,13,15)/b5-3-,9-4+. The molecule has 16 heavy (non-hydrogen) atoms. The number of carbonyl (C=O) groups excluding carboxylic acids is 2. The molecule has 0 saturated carbocycles. The molecular formula is C12H17NO2S. The van der Waals surface area contributed by atoms with Crippen molar-refractivity contribution in [3.63, 3.8) is 0 Å². The molecule has 1 heterocycles. The molecule has 1 N–H and O–H groups in total. The van der Waals surface area contributed by atoms with Gasteiger partial charge in [-0.2, -0.15) is 11.8 Å². The van der Waals surface area contributed by atoms with Crippen LogP contribution in [0.3, 0.4) is 0 Å². The predicted octanol–water partition coefficient (Wildman–Crippen LogP) is 1.90. The van der Waals surface area contributed by atoms with Crippen LogP contribution in [0.1, 0.15) is 20.3 Å². The Balaban J connectivity index is 2.60. The number of Topliss-reactive ketones (excluding diaryl/α,β-unsaturated/α-hetero) is 1. The Morgan fingerprint density at radius 3 is 2.81 bits per heavy atom. The third-order valence-electron chi connectivity index (χ3n) is 2.41. The molecule has 0 aliphatic carbocycles. The lowest BCUT2D eigenvalue weighted by Crippen LogP contribution is -2.38. The molecule has 0 aromatic heterocycles. The molecule has 1 amide bonds. The Kier molecular flexibility index (Phi) is 5.32. The molecule has 1 atom stereocenters. The van der Waals surface area contributed by atoms with Crippen LogP contribution in [0.4, 0.5) is 0 Å². The van der Waals surface area contributed by atoms with E-state index >= 15 is 0 Å². The number of hydrogen-bond acceptors (Lipinski definition) is 3. The summed E-state index contributed by atoms with van der Waals surface area (Å²) in [5, 5.41) is 2.77. The highest BCUT2D eigenvalue weighted by Gasteiger charge is 2.29. The van der Waals surface area contributed by atoms with E-state index in [-0.39, 0.29) is 11.7 Å². The number of allylic oxidation sites excluding steroid dienone is 3. The van der Waals surface area contributed by atoms with E-state index in [0.717, 1.165) is 11.4 Å². The van der Waals surface area contributed by atoms with E-state index in [1.807, 2.05) is 32.1 Å². The second-order valence-electron chi connectivity index (χ2n) is 3.58. The third-order valence-corrected chi connectivity index (χ3v) is 3.47. The van der Waals surface area contributed by atoms with Crippen molar-refractivity contribution in [2.45, 2.75) is 20.3 Å². The lowest BCUT2D eigenvalue weighted by atomic mass is 10.0. The number of amides is 1. The van der Waals surface area contributed by atoms with Crippen LogP contribution in [-0.4, -0.2) is 23.2 Å². The van der Waals surface area contributed by atoms with E-state index in [4.69, 9.17) is 0 Å². The molecule has 1 rings (SSSR count). The first kappa shape index (κ1) is 13.0. The van der Waals surface area contributed by atoms with Crippen molar-refractivity contribution in [1.82, 2.24) is 5.32 Å². The minimum absolute atomic E-state index is 0.0622. The second-order valence-corrected chi connectivity index (χ2v) is 4.73. The quantitative estimate of drug-likeness (QED) is 0.604. The number of thioether (sulfide) groups is 1. The molecule has 3 nitrogen and oxygen atoms in total. The Morgan fingerprint density at radius 1 is 1.50 bits per heavy atom. The van der Waals surface area contributed by atoms with Gasteiger partial charge in [0.05, 0.1) is 0 Å². The lowest BCUT2D eigenvalue weighted by Gasteiger charge is -2.19. The normalized spacial score (nSPS) is 22.5. The minimum Gasteiger partial charge on any atom is -0.326 e. The van der Waals surface area contributed by atoms with Crippen LogP contribution in [0.15, 0.2) is 23.9 Å². The molecule has 1 aliphatic heterocycles. The Morgan fingerprint density at radius 2 is 2.25 bits per heavy atom. The monoisotopic (exact) mass is 239 g/mol. The summed E-state index contributed by atoms with van der Waals surface area (Å²) in [6, 6.07) is 0. The smallest absolute Gasteiger partial charge is 0.235 e. The Labute approximate surface area is 100 Å². The van der Waals surface area contributed by atoms with Gasteiger partial charge in [-0.15, -0.1) is 0 Å². The molecule has 0 aromatic rings. The summed E-state index contributed by atoms with van der Waals surface area (Å²) in [6.07, 6.45) is 6.00. The van der Waals surface area contributed by atoms with Gasteiger partial charge in [-0.25, -0.2) is 0 Å². The van der Waals surface area contributed by atoms with Gasteiger partial charge in [0.25, 0.3) is 0 Å². The molecule has 0 radical (unpaired) electrons. The zero-order chi connectivity index (χ0) is 12.0. The third kappa shape index (κ3) is 3.52. The first-order chi connectivity index (χ1) is 7.69. The SMILES string of the molecule is C/C=C\C(=C/C)NC(=O)C1CSCCC1=O. The van der Waals surface area contributed by atoms with Crippen molar-refractivity contribution in [1.29, 1.82) is 0 Å². The van der Waals surface area contributed by atoms with Gasteiger partial charge in [-0.3, -0.25) is 9.59 Å². The van der Waals surface area contributed by atoms with Gasteiger partial charge in [-0.05, 0) is 19.9 Å². The highest BCUT2D eigenvalue weighted by atomic mass is 32.2. The molecule has 1 saturated heterocycles. The van der Waals surface area contributed by atoms with Crippen molar-refractivity contribution in [3.05, 3.63) is 23.9 Å². The maximum atomic E-state index is 11.8. The van der Waals surface area contributed by atoms with Gasteiger partial charge in [-0.1, -0.05) is 12.2 Å². The van der Waals surface area contributed by atoms with E-state index < -0.39 is 5.92 Å². The van der Waals surface area contributed by atoms with Crippen LogP contribution in [0, 0.1) is 5.92 Å². The highest BCUT2D eigenvalue weighted by Crippen LogP contribution is 2.20. The highest BCUT2D eigenvalue weighted by molar-refractivity contribution is 7.99. The van der Waals surface area contributed by atoms with Crippen molar-refractivity contribution >= 4 is 23.5 Å². The fourth-order valence-electron chi connectivity index (χ4n) is 1.48. The second kappa shape index (κ2) is 6.53. The van der Waals surface area contributed by atoms with Gasteiger partial charge in [0.2, 0.25) is 5.91 Å². The van der Waals surface area contributed by atoms with Gasteiger partial charge in [0.1, 0.15) is 11.7 Å². The average molecular weight is 239 g/mol. The van der Waals surface area contributed by atoms with Crippen LogP contribution in [0.25, 0.3) is 0 Å². The summed E-state index contributed by atoms with van der Waals surface area (Å²) < 4.78 is 0. The molecule has 0 bridgehead atoms. The molecular weight excluding hydrogens is 222 g/mol. The Bertz CT molecular complexity index is 334. The number of hydrogen-bond donors (Lipinski definition) is 1. The number of rotatable bonds is 3. The summed E-state index contributed by atoms with van der Waals surface area (Å²) >= 11 is 1.66. The van der Waals surface area contributed by atoms with Crippen molar-refractivity contribution in [2.75, 3.05) is 11.5 Å². The molecule has 1 fully saturated rings. The van der Waals surface area contributed by atoms with Crippen LogP contribution < -0.4 is 5.32 Å². The van der Waals surface area contributed by atoms with E-state index in [1.54, 1.807) is 11.8 Å². The van der Waals surface area contributed by atoms with Crippen LogP contribution in [-0.2, 0) is 9.59 Å². The fourth-order valence-corrected chi connectivity index (χ4v) is 2.57. The molecule has 0 aromatic carbocycles. The first-order valence-electron chi connectivity index (χ1n) is 5.39. The van der Waals surface area contributed by atoms with Crippen LogP contribution in [0.2, 0.25) is 0 Å². The van der Waals surface area contributed by atoms with E-state index in [0.29, 0.717) is 12.2 Å². The molecule has 88 valence electrons. The first-order valence-corrected chi connectivity index (χ1v) is 6.54. The van der Waals surface area contributed by atoms with Crippen molar-refractivity contribution in [3.8, 4) is 0 Å². The molecule has 4 heteroatoms. The topological polar surface area (TPSA) is 46.2 Å². The van der Waals surface area contributed by atoms with Crippen molar-refractivity contribution in [2.24, 2.45) is 5.92 Å².